The van der Waals surface area contributed by atoms with Crippen LogP contribution in [-0.4, -0.2) is 4.98 Å². The van der Waals surface area contributed by atoms with Gasteiger partial charge in [0, 0.05) is 0 Å². The fraction of sp³-hybridized carbons (Fsp3) is 0. The monoisotopic (exact) mass is 261 g/mol. The molecule has 5 heteroatoms. The second kappa shape index (κ2) is 16.0. The molecule has 0 aromatic carbocycles. The van der Waals surface area contributed by atoms with E-state index in [1.165, 1.54) is 0 Å². The molecule has 9 heavy (non-hydrogen) atoms. The van der Waals surface area contributed by atoms with Crippen LogP contribution in [0.25, 0.3) is 0 Å². The van der Waals surface area contributed by atoms with Crippen molar-refractivity contribution in [1.82, 2.24) is 4.98 Å². The van der Waals surface area contributed by atoms with E-state index in [1.54, 1.807) is 0 Å². The summed E-state index contributed by atoms with van der Waals surface area (Å²) in [5.41, 5.74) is 0. The van der Waals surface area contributed by atoms with Crippen molar-refractivity contribution in [3.63, 3.8) is 0 Å². The van der Waals surface area contributed by atoms with Crippen molar-refractivity contribution in [2.24, 2.45) is 0 Å². The Morgan fingerprint density at radius 3 is 1.78 bits per heavy atom. The number of nitrogens with one attached hydrogen (secondary N) is 1. The molecule has 1 nitrogen and oxygen atoms in total. The van der Waals surface area contributed by atoms with Crippen molar-refractivity contribution in [2.75, 3.05) is 0 Å². The molecule has 50 valence electrons. The summed E-state index contributed by atoms with van der Waals surface area (Å²) in [6.45, 7) is 0. The van der Waals surface area contributed by atoms with Crippen molar-refractivity contribution >= 4 is 0 Å². The van der Waals surface area contributed by atoms with Gasteiger partial charge in [-0.3, -0.25) is 0 Å². The molecule has 1 heterocycles. The van der Waals surface area contributed by atoms with Crippen LogP contribution in [0.4, 0.5) is 0 Å². The minimum absolute atomic E-state index is 0. The molecule has 0 aliphatic rings. The molecule has 1 N–H and O–H groups in total. The first-order valence-electron chi connectivity index (χ1n) is 1.49. The number of H-pyrrole nitrogens is 1. The van der Waals surface area contributed by atoms with Crippen molar-refractivity contribution in [2.45, 2.75) is 0 Å². The first kappa shape index (κ1) is 22.5. The van der Waals surface area contributed by atoms with Crippen LogP contribution in [0.5, 0.6) is 0 Å². The zero-order valence-electron chi connectivity index (χ0n) is 4.37. The van der Waals surface area contributed by atoms with E-state index in [1.807, 2.05) is 18.3 Å². The maximum Gasteiger partial charge on any atom is 4.00 e. The quantitative estimate of drug-likeness (QED) is 0.448. The minimum Gasteiger partial charge on any atom is -1.00 e. The molecule has 0 amide bonds. The summed E-state index contributed by atoms with van der Waals surface area (Å²) in [5, 5.41) is 0. The van der Waals surface area contributed by atoms with E-state index < -0.39 is 0 Å². The van der Waals surface area contributed by atoms with Gasteiger partial charge in [-0.05, 0) is 0 Å². The Bertz CT molecular complexity index is 72.3. The van der Waals surface area contributed by atoms with E-state index in [-0.39, 0.29) is 63.4 Å². The van der Waals surface area contributed by atoms with Crippen molar-refractivity contribution in [1.29, 1.82) is 0 Å². The van der Waals surface area contributed by atoms with Crippen molar-refractivity contribution in [3.8, 4) is 0 Å². The number of halogens is 3. The van der Waals surface area contributed by atoms with Crippen LogP contribution in [0.15, 0.2) is 18.3 Å². The third kappa shape index (κ3) is 12.3. The van der Waals surface area contributed by atoms with Gasteiger partial charge in [-0.15, -0.1) is 6.20 Å². The molecule has 0 aliphatic heterocycles. The number of hydrogen-bond acceptors (Lipinski definition) is 0. The molecule has 0 atom stereocenters. The molecule has 0 saturated carbocycles. The minimum atomic E-state index is 0. The Morgan fingerprint density at radius 1 is 1.11 bits per heavy atom. The molecule has 1 aromatic heterocycles. The fourth-order valence-corrected chi connectivity index (χ4v) is 0.241. The van der Waals surface area contributed by atoms with Gasteiger partial charge in [-0.1, -0.05) is 0 Å². The summed E-state index contributed by atoms with van der Waals surface area (Å²) >= 11 is 0. The van der Waals surface area contributed by atoms with Gasteiger partial charge in [-0.2, -0.15) is 18.3 Å². The van der Waals surface area contributed by atoms with Crippen LogP contribution in [-0.2, 0) is 26.2 Å². The van der Waals surface area contributed by atoms with Crippen LogP contribution in [0.3, 0.4) is 0 Å². The zero-order valence-corrected chi connectivity index (χ0v) is 9.09. The second-order valence-electron chi connectivity index (χ2n) is 0.814. The Balaban J connectivity index is -0.0000000312. The molecule has 0 saturated heterocycles. The van der Waals surface area contributed by atoms with Crippen LogP contribution in [0.1, 0.15) is 0 Å². The average Bonchev–Trinajstić information content (AvgIpc) is 1.76. The first-order valence-corrected chi connectivity index (χ1v) is 1.49. The van der Waals surface area contributed by atoms with E-state index in [0.29, 0.717) is 0 Å². The van der Waals surface area contributed by atoms with Gasteiger partial charge in [0.25, 0.3) is 0 Å². The molecule has 0 unspecified atom stereocenters. The van der Waals surface area contributed by atoms with Crippen LogP contribution in [0, 0.1) is 6.20 Å². The van der Waals surface area contributed by atoms with Crippen LogP contribution >= 0.6 is 0 Å². The van der Waals surface area contributed by atoms with E-state index in [0.717, 1.165) is 0 Å². The smallest absolute Gasteiger partial charge is 1.00 e. The van der Waals surface area contributed by atoms with Gasteiger partial charge in [0.05, 0.1) is 0 Å². The van der Waals surface area contributed by atoms with E-state index in [4.69, 9.17) is 0 Å². The molecular weight excluding hydrogens is 260 g/mol. The predicted molar refractivity (Wildman–Crippen MR) is 19.6 cm³/mol. The molecule has 1 aromatic rings. The first-order chi connectivity index (χ1) is 2.50. The fourth-order valence-electron chi connectivity index (χ4n) is 0.241. The molecule has 0 bridgehead atoms. The summed E-state index contributed by atoms with van der Waals surface area (Å²) in [4.78, 5) is 2.74. The maximum absolute atomic E-state index is 2.74. The molecule has 0 radical (unpaired) electrons. The standard InChI is InChI=1S/C4H4N.3ClH.Zr/c1-2-4-5-3-1;;;;/h1-3,5H;3*1H;/q-1;;;;+4/p-3. The van der Waals surface area contributed by atoms with E-state index in [9.17, 15) is 0 Å². The maximum atomic E-state index is 2.74. The van der Waals surface area contributed by atoms with Crippen LogP contribution in [0.2, 0.25) is 0 Å². The Kier molecular flexibility index (Phi) is 40.0. The molecule has 0 fully saturated rings. The van der Waals surface area contributed by atoms with Gasteiger partial charge in [0.2, 0.25) is 0 Å². The molecular formula is C4H4Cl3NZr. The number of hydrogen-bond donors (Lipinski definition) is 1. The summed E-state index contributed by atoms with van der Waals surface area (Å²) in [6, 6.07) is 3.71. The summed E-state index contributed by atoms with van der Waals surface area (Å²) in [7, 11) is 0. The van der Waals surface area contributed by atoms with Gasteiger partial charge in [0.1, 0.15) is 0 Å². The molecule has 0 aliphatic carbocycles. The van der Waals surface area contributed by atoms with Crippen LogP contribution < -0.4 is 37.2 Å². The average molecular weight is 264 g/mol. The Hall–Kier alpha value is 1.03. The third-order valence-electron chi connectivity index (χ3n) is 0.442. The second-order valence-corrected chi connectivity index (χ2v) is 0.814. The number of rotatable bonds is 0. The predicted octanol–water partition coefficient (Wildman–Crippen LogP) is -8.18. The number of aromatic nitrogens is 1. The zero-order chi connectivity index (χ0) is 3.54. The third-order valence-corrected chi connectivity index (χ3v) is 0.442. The molecule has 1 rings (SSSR count). The van der Waals surface area contributed by atoms with Crippen molar-refractivity contribution in [3.05, 3.63) is 24.5 Å². The summed E-state index contributed by atoms with van der Waals surface area (Å²) in [5.74, 6) is 0. The number of aromatic amines is 1. The van der Waals surface area contributed by atoms with E-state index >= 15 is 0 Å². The summed E-state index contributed by atoms with van der Waals surface area (Å²) < 4.78 is 0. The Labute approximate surface area is 92.3 Å². The summed E-state index contributed by atoms with van der Waals surface area (Å²) in [6.07, 6.45) is 4.56. The molecule has 0 spiro atoms. The normalized spacial score (nSPS) is 4.44. The topological polar surface area (TPSA) is 15.8 Å². The van der Waals surface area contributed by atoms with Crippen molar-refractivity contribution < 1.29 is 63.4 Å². The van der Waals surface area contributed by atoms with Gasteiger partial charge < -0.3 is 42.2 Å². The SMILES string of the molecule is [Cl-].[Cl-].[Cl-].[Zr+4].[c-]1ccc[nH]1. The van der Waals surface area contributed by atoms with Gasteiger partial charge >= 0.3 is 26.2 Å². The van der Waals surface area contributed by atoms with Gasteiger partial charge in [-0.25, -0.2) is 0 Å². The Morgan fingerprint density at radius 2 is 1.67 bits per heavy atom. The largest absolute Gasteiger partial charge is 4.00 e. The van der Waals surface area contributed by atoms with Gasteiger partial charge in [0.15, 0.2) is 0 Å². The van der Waals surface area contributed by atoms with E-state index in [2.05, 4.69) is 11.2 Å².